The van der Waals surface area contributed by atoms with Crippen LogP contribution in [0.4, 0.5) is 5.69 Å². The van der Waals surface area contributed by atoms with Crippen LogP contribution in [0.15, 0.2) is 24.3 Å². The number of benzene rings is 1. The molecule has 0 aliphatic carbocycles. The van der Waals surface area contributed by atoms with E-state index in [0.29, 0.717) is 6.04 Å². The molecule has 1 aliphatic heterocycles. The van der Waals surface area contributed by atoms with Crippen LogP contribution in [0.2, 0.25) is 0 Å². The minimum atomic E-state index is 0.690. The second-order valence-corrected chi connectivity index (χ2v) is 4.91. The van der Waals surface area contributed by atoms with Crippen LogP contribution >= 0.6 is 0 Å². The number of nitrogens with one attached hydrogen (secondary N) is 2. The average molecular weight is 233 g/mol. The summed E-state index contributed by atoms with van der Waals surface area (Å²) < 4.78 is 0. The maximum absolute atomic E-state index is 3.65. The van der Waals surface area contributed by atoms with Crippen molar-refractivity contribution >= 4 is 5.69 Å². The van der Waals surface area contributed by atoms with Crippen molar-refractivity contribution in [1.82, 2.24) is 10.2 Å². The summed E-state index contributed by atoms with van der Waals surface area (Å²) in [6.45, 7) is 3.42. The highest BCUT2D eigenvalue weighted by molar-refractivity contribution is 5.43. The molecule has 2 rings (SSSR count). The summed E-state index contributed by atoms with van der Waals surface area (Å²) in [6, 6.07) is 9.33. The van der Waals surface area contributed by atoms with Gasteiger partial charge in [0, 0.05) is 25.3 Å². The molecule has 0 amide bonds. The molecule has 0 unspecified atom stereocenters. The number of piperidine rings is 1. The zero-order chi connectivity index (χ0) is 12.1. The van der Waals surface area contributed by atoms with Crippen molar-refractivity contribution in [2.75, 3.05) is 32.5 Å². The van der Waals surface area contributed by atoms with Gasteiger partial charge in [0.2, 0.25) is 0 Å². The molecular formula is C14H23N3. The monoisotopic (exact) mass is 233 g/mol. The highest BCUT2D eigenvalue weighted by Crippen LogP contribution is 2.11. The summed E-state index contributed by atoms with van der Waals surface area (Å²) in [5, 5.41) is 6.79. The molecule has 1 fully saturated rings. The van der Waals surface area contributed by atoms with Gasteiger partial charge in [-0.2, -0.15) is 0 Å². The second kappa shape index (κ2) is 6.03. The predicted octanol–water partition coefficient (Wildman–Crippen LogP) is 1.91. The Morgan fingerprint density at radius 1 is 1.18 bits per heavy atom. The Hall–Kier alpha value is -1.06. The molecule has 3 heteroatoms. The quantitative estimate of drug-likeness (QED) is 0.832. The van der Waals surface area contributed by atoms with Gasteiger partial charge in [-0.05, 0) is 50.7 Å². The van der Waals surface area contributed by atoms with Gasteiger partial charge in [0.1, 0.15) is 0 Å². The minimum Gasteiger partial charge on any atom is -0.388 e. The number of nitrogens with zero attached hydrogens (tertiary/aromatic N) is 1. The third-order valence-electron chi connectivity index (χ3n) is 3.56. The third kappa shape index (κ3) is 3.72. The maximum Gasteiger partial charge on any atom is 0.0337 e. The lowest BCUT2D eigenvalue weighted by Crippen LogP contribution is -2.40. The lowest BCUT2D eigenvalue weighted by Gasteiger charge is -2.29. The number of rotatable bonds is 4. The Kier molecular flexibility index (Phi) is 4.40. The van der Waals surface area contributed by atoms with Crippen LogP contribution in [0, 0.1) is 0 Å². The Morgan fingerprint density at radius 2 is 1.82 bits per heavy atom. The lowest BCUT2D eigenvalue weighted by molar-refractivity contribution is 0.234. The summed E-state index contributed by atoms with van der Waals surface area (Å²) in [4.78, 5) is 2.40. The van der Waals surface area contributed by atoms with Crippen LogP contribution < -0.4 is 10.6 Å². The van der Waals surface area contributed by atoms with Crippen molar-refractivity contribution in [3.8, 4) is 0 Å². The fourth-order valence-corrected chi connectivity index (χ4v) is 2.26. The molecule has 2 N–H and O–H groups in total. The normalized spacial score (nSPS) is 18.2. The van der Waals surface area contributed by atoms with Crippen molar-refractivity contribution in [2.45, 2.75) is 25.4 Å². The van der Waals surface area contributed by atoms with E-state index in [2.05, 4.69) is 46.8 Å². The van der Waals surface area contributed by atoms with Gasteiger partial charge in [0.15, 0.2) is 0 Å². The van der Waals surface area contributed by atoms with E-state index in [4.69, 9.17) is 0 Å². The van der Waals surface area contributed by atoms with Gasteiger partial charge in [-0.3, -0.25) is 0 Å². The molecule has 0 radical (unpaired) electrons. The molecule has 0 saturated carbocycles. The predicted molar refractivity (Wildman–Crippen MR) is 73.3 cm³/mol. The molecule has 0 atom stereocenters. The number of anilines is 1. The first-order valence-corrected chi connectivity index (χ1v) is 6.46. The number of hydrogen-bond acceptors (Lipinski definition) is 3. The van der Waals surface area contributed by atoms with Crippen LogP contribution in [-0.4, -0.2) is 38.1 Å². The number of likely N-dealkylation sites (tertiary alicyclic amines) is 1. The second-order valence-electron chi connectivity index (χ2n) is 4.91. The summed E-state index contributed by atoms with van der Waals surface area (Å²) in [6.07, 6.45) is 2.54. The van der Waals surface area contributed by atoms with E-state index in [0.717, 1.165) is 6.54 Å². The van der Waals surface area contributed by atoms with Crippen molar-refractivity contribution < 1.29 is 0 Å². The fraction of sp³-hybridized carbons (Fsp3) is 0.571. The molecule has 17 heavy (non-hydrogen) atoms. The van der Waals surface area contributed by atoms with Gasteiger partial charge in [-0.1, -0.05) is 12.1 Å². The standard InChI is InChI=1S/C14H23N3/c1-15-13-5-3-12(4-6-13)11-16-14-7-9-17(2)10-8-14/h3-6,14-16H,7-11H2,1-2H3. The zero-order valence-corrected chi connectivity index (χ0v) is 10.9. The van der Waals surface area contributed by atoms with Gasteiger partial charge in [0.05, 0.1) is 0 Å². The van der Waals surface area contributed by atoms with Gasteiger partial charge >= 0.3 is 0 Å². The molecule has 0 spiro atoms. The van der Waals surface area contributed by atoms with Gasteiger partial charge in [-0.25, -0.2) is 0 Å². The van der Waals surface area contributed by atoms with E-state index in [1.54, 1.807) is 0 Å². The van der Waals surface area contributed by atoms with Crippen LogP contribution in [0.1, 0.15) is 18.4 Å². The van der Waals surface area contributed by atoms with Crippen molar-refractivity contribution in [2.24, 2.45) is 0 Å². The van der Waals surface area contributed by atoms with E-state index >= 15 is 0 Å². The summed E-state index contributed by atoms with van der Waals surface area (Å²) in [5.74, 6) is 0. The summed E-state index contributed by atoms with van der Waals surface area (Å²) >= 11 is 0. The summed E-state index contributed by atoms with van der Waals surface area (Å²) in [5.41, 5.74) is 2.54. The molecule has 1 saturated heterocycles. The molecule has 1 heterocycles. The topological polar surface area (TPSA) is 27.3 Å². The average Bonchev–Trinajstić information content (AvgIpc) is 2.39. The molecule has 1 aromatic rings. The first-order chi connectivity index (χ1) is 8.28. The first kappa shape index (κ1) is 12.4. The molecule has 94 valence electrons. The van der Waals surface area contributed by atoms with E-state index in [1.807, 2.05) is 7.05 Å². The van der Waals surface area contributed by atoms with Crippen molar-refractivity contribution in [3.05, 3.63) is 29.8 Å². The van der Waals surface area contributed by atoms with E-state index in [9.17, 15) is 0 Å². The number of hydrogen-bond donors (Lipinski definition) is 2. The van der Waals surface area contributed by atoms with Gasteiger partial charge in [0.25, 0.3) is 0 Å². The molecule has 1 aliphatic rings. The van der Waals surface area contributed by atoms with Crippen LogP contribution in [0.3, 0.4) is 0 Å². The van der Waals surface area contributed by atoms with Crippen LogP contribution in [0.5, 0.6) is 0 Å². The Bertz CT molecular complexity index is 326. The maximum atomic E-state index is 3.65. The largest absolute Gasteiger partial charge is 0.388 e. The van der Waals surface area contributed by atoms with Gasteiger partial charge in [-0.15, -0.1) is 0 Å². The van der Waals surface area contributed by atoms with E-state index < -0.39 is 0 Å². The molecular weight excluding hydrogens is 210 g/mol. The zero-order valence-electron chi connectivity index (χ0n) is 10.9. The highest BCUT2D eigenvalue weighted by atomic mass is 15.1. The molecule has 0 bridgehead atoms. The smallest absolute Gasteiger partial charge is 0.0337 e. The van der Waals surface area contributed by atoms with Gasteiger partial charge < -0.3 is 15.5 Å². The molecule has 0 aromatic heterocycles. The third-order valence-corrected chi connectivity index (χ3v) is 3.56. The lowest BCUT2D eigenvalue weighted by atomic mass is 10.1. The molecule has 3 nitrogen and oxygen atoms in total. The van der Waals surface area contributed by atoms with Crippen molar-refractivity contribution in [3.63, 3.8) is 0 Å². The summed E-state index contributed by atoms with van der Waals surface area (Å²) in [7, 11) is 4.15. The highest BCUT2D eigenvalue weighted by Gasteiger charge is 2.15. The SMILES string of the molecule is CNc1ccc(CNC2CCN(C)CC2)cc1. The Morgan fingerprint density at radius 3 is 2.41 bits per heavy atom. The minimum absolute atomic E-state index is 0.690. The molecule has 1 aromatic carbocycles. The Labute approximate surface area is 104 Å². The van der Waals surface area contributed by atoms with Crippen LogP contribution in [-0.2, 0) is 6.54 Å². The van der Waals surface area contributed by atoms with Crippen LogP contribution in [0.25, 0.3) is 0 Å². The first-order valence-electron chi connectivity index (χ1n) is 6.46. The van der Waals surface area contributed by atoms with E-state index in [1.165, 1.54) is 37.2 Å². The van der Waals surface area contributed by atoms with Crippen molar-refractivity contribution in [1.29, 1.82) is 0 Å². The fourth-order valence-electron chi connectivity index (χ4n) is 2.26. The Balaban J connectivity index is 1.77. The van der Waals surface area contributed by atoms with E-state index in [-0.39, 0.29) is 0 Å².